The lowest BCUT2D eigenvalue weighted by Crippen LogP contribution is -2.61. The highest BCUT2D eigenvalue weighted by molar-refractivity contribution is 5.84. The molecule has 2 aromatic rings. The van der Waals surface area contributed by atoms with Crippen LogP contribution in [0, 0.1) is 0 Å². The Labute approximate surface area is 200 Å². The average molecular weight is 489 g/mol. The van der Waals surface area contributed by atoms with Gasteiger partial charge in [-0.3, -0.25) is 0 Å². The van der Waals surface area contributed by atoms with Crippen molar-refractivity contribution in [1.82, 2.24) is 5.32 Å². The molecule has 0 radical (unpaired) electrons. The highest BCUT2D eigenvalue weighted by atomic mass is 16.7. The van der Waals surface area contributed by atoms with E-state index in [0.717, 1.165) is 35.2 Å². The lowest BCUT2D eigenvalue weighted by atomic mass is 9.77. The van der Waals surface area contributed by atoms with Crippen molar-refractivity contribution in [1.29, 1.82) is 0 Å². The van der Waals surface area contributed by atoms with Crippen LogP contribution in [0.5, 0.6) is 23.0 Å². The maximum absolute atomic E-state index is 11.4. The normalized spacial score (nSPS) is 29.1. The molecule has 2 heterocycles. The van der Waals surface area contributed by atoms with Gasteiger partial charge in [0, 0.05) is 11.6 Å². The average Bonchev–Trinajstić information content (AvgIpc) is 2.84. The highest BCUT2D eigenvalue weighted by Crippen LogP contribution is 2.52. The van der Waals surface area contributed by atoms with E-state index in [4.69, 9.17) is 18.9 Å². The Bertz CT molecular complexity index is 1170. The summed E-state index contributed by atoms with van der Waals surface area (Å²) in [5.41, 5.74) is 4.27. The van der Waals surface area contributed by atoms with Crippen LogP contribution in [0.1, 0.15) is 22.7 Å². The van der Waals surface area contributed by atoms with Crippen molar-refractivity contribution < 1.29 is 49.3 Å². The molecule has 1 saturated heterocycles. The zero-order valence-electron chi connectivity index (χ0n) is 19.1. The maximum atomic E-state index is 11.4. The zero-order valence-corrected chi connectivity index (χ0v) is 19.1. The summed E-state index contributed by atoms with van der Waals surface area (Å²) in [6.07, 6.45) is -7.33. The minimum absolute atomic E-state index is 0.0177. The fraction of sp³-hybridized carbons (Fsp3) is 0.458. The van der Waals surface area contributed by atoms with E-state index < -0.39 is 36.7 Å². The number of phenols is 1. The van der Waals surface area contributed by atoms with E-state index >= 15 is 0 Å². The summed E-state index contributed by atoms with van der Waals surface area (Å²) >= 11 is 0. The number of hydrogen-bond acceptors (Lipinski definition) is 10. The summed E-state index contributed by atoms with van der Waals surface area (Å²) in [5.74, 6) is -0.730. The molecule has 5 rings (SSSR count). The SMILES string of the molecule is COc1cc2c(cc1O[C@@H]1O[C@@H](C(=O)O)[C@@H](O)[C@@H](O)[C@H]1O)C[C@H]1NCCc3cc(OC)c(O)c-2c31. The van der Waals surface area contributed by atoms with Gasteiger partial charge in [0.05, 0.1) is 14.2 Å². The number of methoxy groups -OCH3 is 2. The second kappa shape index (κ2) is 8.85. The number of fused-ring (bicyclic) bond motifs is 2. The van der Waals surface area contributed by atoms with Gasteiger partial charge in [0.15, 0.2) is 29.1 Å². The second-order valence-corrected chi connectivity index (χ2v) is 8.85. The fourth-order valence-electron chi connectivity index (χ4n) is 5.16. The Hall–Kier alpha value is -3.09. The van der Waals surface area contributed by atoms with Gasteiger partial charge in [-0.1, -0.05) is 0 Å². The number of carbonyl (C=O) groups is 1. The maximum Gasteiger partial charge on any atom is 0.335 e. The number of aliphatic hydroxyl groups excluding tert-OH is 3. The molecule has 0 bridgehead atoms. The molecule has 2 aromatic carbocycles. The number of carboxylic acids is 1. The van der Waals surface area contributed by atoms with Crippen molar-refractivity contribution in [2.75, 3.05) is 20.8 Å². The molecule has 188 valence electrons. The Morgan fingerprint density at radius 1 is 1.00 bits per heavy atom. The Morgan fingerprint density at radius 3 is 2.40 bits per heavy atom. The smallest absolute Gasteiger partial charge is 0.335 e. The van der Waals surface area contributed by atoms with Crippen molar-refractivity contribution >= 4 is 5.97 Å². The Balaban J connectivity index is 1.57. The van der Waals surface area contributed by atoms with Gasteiger partial charge in [0.1, 0.15) is 18.3 Å². The van der Waals surface area contributed by atoms with Crippen LogP contribution in [0.2, 0.25) is 0 Å². The topological polar surface area (TPSA) is 167 Å². The molecule has 3 aliphatic rings. The van der Waals surface area contributed by atoms with Crippen LogP contribution in [-0.4, -0.2) is 83.0 Å². The summed E-state index contributed by atoms with van der Waals surface area (Å²) in [5, 5.41) is 54.2. The van der Waals surface area contributed by atoms with Gasteiger partial charge < -0.3 is 49.8 Å². The quantitative estimate of drug-likeness (QED) is 0.337. The largest absolute Gasteiger partial charge is 0.504 e. The molecule has 11 nitrogen and oxygen atoms in total. The van der Waals surface area contributed by atoms with Crippen molar-refractivity contribution in [3.8, 4) is 34.1 Å². The van der Waals surface area contributed by atoms with E-state index in [1.807, 2.05) is 6.07 Å². The summed E-state index contributed by atoms with van der Waals surface area (Å²) in [6, 6.07) is 5.18. The third-order valence-electron chi connectivity index (χ3n) is 6.88. The molecule has 2 aliphatic heterocycles. The van der Waals surface area contributed by atoms with Gasteiger partial charge >= 0.3 is 5.97 Å². The Morgan fingerprint density at radius 2 is 1.71 bits per heavy atom. The lowest BCUT2D eigenvalue weighted by molar-refractivity contribution is -0.271. The molecule has 0 unspecified atom stereocenters. The third-order valence-corrected chi connectivity index (χ3v) is 6.88. The van der Waals surface area contributed by atoms with Crippen LogP contribution < -0.4 is 19.5 Å². The molecule has 0 spiro atoms. The standard InChI is InChI=1S/C24H27NO10/c1-32-13-8-11-10(5-12-16-9(3-4-25-12)6-15(33-2)18(26)17(11)16)7-14(13)34-24-21(29)19(27)20(28)22(35-24)23(30)31/h6-8,12,19-22,24-29H,3-5H2,1-2H3,(H,30,31)/t12-,19-,20+,21-,22-,24-/m1/s1. The van der Waals surface area contributed by atoms with Gasteiger partial charge in [0.2, 0.25) is 6.29 Å². The first kappa shape index (κ1) is 23.6. The molecule has 0 saturated carbocycles. The summed E-state index contributed by atoms with van der Waals surface area (Å²) < 4.78 is 21.9. The first-order chi connectivity index (χ1) is 16.7. The van der Waals surface area contributed by atoms with Crippen molar-refractivity contribution in [2.24, 2.45) is 0 Å². The molecular weight excluding hydrogens is 462 g/mol. The zero-order chi connectivity index (χ0) is 25.0. The predicted molar refractivity (Wildman–Crippen MR) is 120 cm³/mol. The molecule has 6 N–H and O–H groups in total. The van der Waals surface area contributed by atoms with E-state index in [-0.39, 0.29) is 23.3 Å². The molecule has 0 amide bonds. The number of rotatable bonds is 5. The molecule has 1 aliphatic carbocycles. The van der Waals surface area contributed by atoms with E-state index in [2.05, 4.69) is 5.32 Å². The number of aliphatic hydroxyl groups is 3. The molecule has 35 heavy (non-hydrogen) atoms. The molecular formula is C24H27NO10. The van der Waals surface area contributed by atoms with Crippen molar-refractivity contribution in [3.05, 3.63) is 34.9 Å². The van der Waals surface area contributed by atoms with Crippen LogP contribution in [0.25, 0.3) is 11.1 Å². The molecule has 6 atom stereocenters. The van der Waals surface area contributed by atoms with E-state index in [1.165, 1.54) is 14.2 Å². The van der Waals surface area contributed by atoms with Gasteiger partial charge in [-0.15, -0.1) is 0 Å². The van der Waals surface area contributed by atoms with Crippen LogP contribution >= 0.6 is 0 Å². The molecule has 1 fully saturated rings. The Kier molecular flexibility index (Phi) is 5.98. The number of nitrogens with one attached hydrogen (secondary N) is 1. The summed E-state index contributed by atoms with van der Waals surface area (Å²) in [4.78, 5) is 11.4. The number of aromatic hydroxyl groups is 1. The minimum atomic E-state index is -1.83. The number of aliphatic carboxylic acids is 1. The van der Waals surface area contributed by atoms with Crippen LogP contribution in [0.4, 0.5) is 0 Å². The van der Waals surface area contributed by atoms with E-state index in [1.54, 1.807) is 12.1 Å². The molecule has 0 aromatic heterocycles. The minimum Gasteiger partial charge on any atom is -0.504 e. The summed E-state index contributed by atoms with van der Waals surface area (Å²) in [6.45, 7) is 0.763. The lowest BCUT2D eigenvalue weighted by Gasteiger charge is -2.39. The van der Waals surface area contributed by atoms with Crippen LogP contribution in [0.15, 0.2) is 18.2 Å². The van der Waals surface area contributed by atoms with Gasteiger partial charge in [-0.2, -0.15) is 0 Å². The van der Waals surface area contributed by atoms with Crippen molar-refractivity contribution in [3.63, 3.8) is 0 Å². The monoisotopic (exact) mass is 489 g/mol. The molecule has 11 heteroatoms. The van der Waals surface area contributed by atoms with Crippen molar-refractivity contribution in [2.45, 2.75) is 49.6 Å². The third kappa shape index (κ3) is 3.76. The number of ether oxygens (including phenoxy) is 4. The number of phenolic OH excluding ortho intramolecular Hbond substituents is 1. The highest BCUT2D eigenvalue weighted by Gasteiger charge is 2.48. The first-order valence-corrected chi connectivity index (χ1v) is 11.2. The number of hydrogen-bond donors (Lipinski definition) is 6. The van der Waals surface area contributed by atoms with Gasteiger partial charge in [-0.25, -0.2) is 4.79 Å². The van der Waals surface area contributed by atoms with Gasteiger partial charge in [0.25, 0.3) is 0 Å². The van der Waals surface area contributed by atoms with Gasteiger partial charge in [-0.05, 0) is 59.8 Å². The number of carboxylic acid groups (broad SMARTS) is 1. The van der Waals surface area contributed by atoms with Crippen LogP contribution in [-0.2, 0) is 22.4 Å². The van der Waals surface area contributed by atoms with Crippen LogP contribution in [0.3, 0.4) is 0 Å². The van der Waals surface area contributed by atoms with E-state index in [0.29, 0.717) is 17.7 Å². The first-order valence-electron chi connectivity index (χ1n) is 11.2. The van der Waals surface area contributed by atoms with E-state index in [9.17, 15) is 30.3 Å². The number of benzene rings is 2. The second-order valence-electron chi connectivity index (χ2n) is 8.85. The predicted octanol–water partition coefficient (Wildman–Crippen LogP) is 0.0903. The summed E-state index contributed by atoms with van der Waals surface area (Å²) in [7, 11) is 2.92. The fourth-order valence-corrected chi connectivity index (χ4v) is 5.16.